The first kappa shape index (κ1) is 21.8. The second-order valence-electron chi connectivity index (χ2n) is 8.13. The van der Waals surface area contributed by atoms with Crippen LogP contribution in [0.25, 0.3) is 0 Å². The molecule has 2 heterocycles. The van der Waals surface area contributed by atoms with E-state index in [9.17, 15) is 17.6 Å². The van der Waals surface area contributed by atoms with E-state index in [0.29, 0.717) is 18.8 Å². The molecule has 6 nitrogen and oxygen atoms in total. The lowest BCUT2D eigenvalue weighted by Gasteiger charge is -2.31. The van der Waals surface area contributed by atoms with Gasteiger partial charge in [-0.15, -0.1) is 0 Å². The molecule has 0 atom stereocenters. The van der Waals surface area contributed by atoms with Crippen molar-refractivity contribution in [3.8, 4) is 0 Å². The number of hydrogen-bond acceptors (Lipinski definition) is 4. The molecule has 2 aliphatic heterocycles. The molecule has 0 spiro atoms. The number of para-hydroxylation sites is 1. The van der Waals surface area contributed by atoms with Gasteiger partial charge in [0.2, 0.25) is 10.0 Å². The Bertz CT molecular complexity index is 1050. The highest BCUT2D eigenvalue weighted by Crippen LogP contribution is 2.30. The first-order valence-electron chi connectivity index (χ1n) is 10.9. The third kappa shape index (κ3) is 4.75. The molecule has 1 N–H and O–H groups in total. The predicted octanol–water partition coefficient (Wildman–Crippen LogP) is 4.24. The Morgan fingerprint density at radius 1 is 0.871 bits per heavy atom. The topological polar surface area (TPSA) is 69.7 Å². The van der Waals surface area contributed by atoms with E-state index in [1.54, 1.807) is 24.3 Å². The number of nitrogens with zero attached hydrogens (tertiary/aromatic N) is 2. The number of benzene rings is 2. The van der Waals surface area contributed by atoms with Crippen LogP contribution in [0.5, 0.6) is 0 Å². The summed E-state index contributed by atoms with van der Waals surface area (Å²) in [5.41, 5.74) is 1.01. The van der Waals surface area contributed by atoms with E-state index < -0.39 is 21.7 Å². The number of carbonyl (C=O) groups excluding carboxylic acids is 1. The lowest BCUT2D eigenvalue weighted by molar-refractivity contribution is 0.102. The zero-order valence-electron chi connectivity index (χ0n) is 17.5. The summed E-state index contributed by atoms with van der Waals surface area (Å²) in [6.07, 6.45) is 5.87. The average molecular weight is 446 g/mol. The maximum absolute atomic E-state index is 14.1. The summed E-state index contributed by atoms with van der Waals surface area (Å²) in [5.74, 6) is -1.05. The summed E-state index contributed by atoms with van der Waals surface area (Å²) >= 11 is 0. The number of sulfonamides is 1. The minimum atomic E-state index is -3.69. The molecule has 1 amide bonds. The average Bonchev–Trinajstić information content (AvgIpc) is 2.81. The van der Waals surface area contributed by atoms with Gasteiger partial charge in [0.25, 0.3) is 5.91 Å². The van der Waals surface area contributed by atoms with Crippen LogP contribution < -0.4 is 10.2 Å². The van der Waals surface area contributed by atoms with Crippen molar-refractivity contribution in [3.63, 3.8) is 0 Å². The zero-order valence-corrected chi connectivity index (χ0v) is 18.3. The molecule has 0 unspecified atom stereocenters. The number of hydrogen-bond donors (Lipinski definition) is 1. The van der Waals surface area contributed by atoms with Crippen LogP contribution in [0.1, 0.15) is 48.9 Å². The minimum Gasteiger partial charge on any atom is -0.371 e. The van der Waals surface area contributed by atoms with Gasteiger partial charge in [-0.25, -0.2) is 12.8 Å². The minimum absolute atomic E-state index is 0.0707. The molecule has 8 heteroatoms. The van der Waals surface area contributed by atoms with Crippen LogP contribution in [-0.2, 0) is 10.0 Å². The summed E-state index contributed by atoms with van der Waals surface area (Å²) < 4.78 is 42.0. The normalized spacial score (nSPS) is 18.0. The maximum Gasteiger partial charge on any atom is 0.257 e. The molecule has 4 rings (SSSR count). The molecule has 2 fully saturated rings. The molecule has 2 aliphatic rings. The Kier molecular flexibility index (Phi) is 6.57. The van der Waals surface area contributed by atoms with Gasteiger partial charge in [0.05, 0.1) is 16.1 Å². The van der Waals surface area contributed by atoms with Crippen LogP contribution in [0.3, 0.4) is 0 Å². The fraction of sp³-hybridized carbons (Fsp3) is 0.435. The van der Waals surface area contributed by atoms with Gasteiger partial charge in [-0.1, -0.05) is 18.6 Å². The van der Waals surface area contributed by atoms with Crippen molar-refractivity contribution in [1.29, 1.82) is 0 Å². The van der Waals surface area contributed by atoms with Crippen molar-refractivity contribution < 1.29 is 17.6 Å². The standard InChI is InChI=1S/C23H28FN3O3S/c24-20-9-3-4-10-21(20)25-23(28)19-17-18(31(29,30)27-15-7-2-8-16-27)11-12-22(19)26-13-5-1-6-14-26/h3-4,9-12,17H,1-2,5-8,13-16H2,(H,25,28). The number of piperidine rings is 2. The third-order valence-corrected chi connectivity index (χ3v) is 7.88. The molecule has 31 heavy (non-hydrogen) atoms. The summed E-state index contributed by atoms with van der Waals surface area (Å²) in [6.45, 7) is 2.59. The van der Waals surface area contributed by atoms with E-state index in [0.717, 1.165) is 51.6 Å². The molecule has 0 saturated carbocycles. The number of carbonyl (C=O) groups is 1. The molecule has 2 saturated heterocycles. The van der Waals surface area contributed by atoms with Gasteiger partial charge in [-0.3, -0.25) is 4.79 Å². The van der Waals surface area contributed by atoms with Gasteiger partial charge in [0, 0.05) is 31.9 Å². The van der Waals surface area contributed by atoms with Gasteiger partial charge in [-0.2, -0.15) is 4.31 Å². The van der Waals surface area contributed by atoms with Gasteiger partial charge >= 0.3 is 0 Å². The molecular weight excluding hydrogens is 417 g/mol. The molecule has 0 bridgehead atoms. The third-order valence-electron chi connectivity index (χ3n) is 5.98. The molecule has 2 aromatic carbocycles. The first-order valence-corrected chi connectivity index (χ1v) is 12.4. The van der Waals surface area contributed by atoms with Crippen LogP contribution in [0, 0.1) is 5.82 Å². The Labute approximate surface area is 183 Å². The number of nitrogens with one attached hydrogen (secondary N) is 1. The monoisotopic (exact) mass is 445 g/mol. The van der Waals surface area contributed by atoms with Crippen molar-refractivity contribution in [2.24, 2.45) is 0 Å². The summed E-state index contributed by atoms with van der Waals surface area (Å²) in [4.78, 5) is 15.4. The van der Waals surface area contributed by atoms with Gasteiger partial charge in [0.1, 0.15) is 5.82 Å². The van der Waals surface area contributed by atoms with E-state index >= 15 is 0 Å². The maximum atomic E-state index is 14.1. The second kappa shape index (κ2) is 9.36. The van der Waals surface area contributed by atoms with E-state index in [1.807, 2.05) is 0 Å². The van der Waals surface area contributed by atoms with Gasteiger partial charge < -0.3 is 10.2 Å². The molecule has 0 radical (unpaired) electrons. The van der Waals surface area contributed by atoms with Crippen LogP contribution in [0.15, 0.2) is 47.4 Å². The van der Waals surface area contributed by atoms with Crippen LogP contribution >= 0.6 is 0 Å². The molecule has 0 aromatic heterocycles. The quantitative estimate of drug-likeness (QED) is 0.747. The number of halogens is 1. The Balaban J connectivity index is 1.71. The highest BCUT2D eigenvalue weighted by Gasteiger charge is 2.28. The Morgan fingerprint density at radius 2 is 1.52 bits per heavy atom. The number of rotatable bonds is 5. The van der Waals surface area contributed by atoms with Crippen molar-refractivity contribution in [3.05, 3.63) is 53.8 Å². The molecular formula is C23H28FN3O3S. The van der Waals surface area contributed by atoms with E-state index in [-0.39, 0.29) is 16.1 Å². The van der Waals surface area contributed by atoms with Crippen molar-refractivity contribution in [2.75, 3.05) is 36.4 Å². The SMILES string of the molecule is O=C(Nc1ccccc1F)c1cc(S(=O)(=O)N2CCCCC2)ccc1N1CCCCC1. The number of amides is 1. The second-order valence-corrected chi connectivity index (χ2v) is 10.1. The highest BCUT2D eigenvalue weighted by atomic mass is 32.2. The van der Waals surface area contributed by atoms with Crippen LogP contribution in [0.2, 0.25) is 0 Å². The van der Waals surface area contributed by atoms with Crippen molar-refractivity contribution in [2.45, 2.75) is 43.4 Å². The smallest absolute Gasteiger partial charge is 0.257 e. The molecule has 2 aromatic rings. The Morgan fingerprint density at radius 3 is 2.19 bits per heavy atom. The summed E-state index contributed by atoms with van der Waals surface area (Å²) in [5, 5.41) is 2.62. The highest BCUT2D eigenvalue weighted by molar-refractivity contribution is 7.89. The van der Waals surface area contributed by atoms with Crippen LogP contribution in [-0.4, -0.2) is 44.8 Å². The van der Waals surface area contributed by atoms with E-state index in [4.69, 9.17) is 0 Å². The number of anilines is 2. The fourth-order valence-corrected chi connectivity index (χ4v) is 5.82. The summed E-state index contributed by atoms with van der Waals surface area (Å²) in [6, 6.07) is 10.7. The lowest BCUT2D eigenvalue weighted by Crippen LogP contribution is -2.36. The van der Waals surface area contributed by atoms with Crippen molar-refractivity contribution in [1.82, 2.24) is 4.31 Å². The van der Waals surface area contributed by atoms with E-state index in [1.165, 1.54) is 22.5 Å². The van der Waals surface area contributed by atoms with Gasteiger partial charge in [-0.05, 0) is 62.4 Å². The lowest BCUT2D eigenvalue weighted by atomic mass is 10.1. The Hall–Kier alpha value is -2.45. The van der Waals surface area contributed by atoms with Gasteiger partial charge in [0.15, 0.2) is 0 Å². The van der Waals surface area contributed by atoms with Crippen LogP contribution in [0.4, 0.5) is 15.8 Å². The van der Waals surface area contributed by atoms with E-state index in [2.05, 4.69) is 10.2 Å². The fourth-order valence-electron chi connectivity index (χ4n) is 4.27. The molecule has 0 aliphatic carbocycles. The largest absolute Gasteiger partial charge is 0.371 e. The summed E-state index contributed by atoms with van der Waals surface area (Å²) in [7, 11) is -3.69. The predicted molar refractivity (Wildman–Crippen MR) is 119 cm³/mol. The zero-order chi connectivity index (χ0) is 21.8. The molecule has 166 valence electrons. The first-order chi connectivity index (χ1) is 15.0. The van der Waals surface area contributed by atoms with Crippen molar-refractivity contribution >= 4 is 27.3 Å².